The van der Waals surface area contributed by atoms with Gasteiger partial charge in [0.2, 0.25) is 0 Å². The van der Waals surface area contributed by atoms with E-state index < -0.39 is 0 Å². The number of ether oxygens (including phenoxy) is 2. The van der Waals surface area contributed by atoms with Crippen LogP contribution in [-0.4, -0.2) is 31.3 Å². The number of rotatable bonds is 6. The highest BCUT2D eigenvalue weighted by atomic mass is 16.5. The lowest BCUT2D eigenvalue weighted by atomic mass is 10.1. The lowest BCUT2D eigenvalue weighted by Gasteiger charge is -2.14. The molecule has 2 unspecified atom stereocenters. The second-order valence-corrected chi connectivity index (χ2v) is 4.61. The molecule has 1 fully saturated rings. The molecule has 1 saturated heterocycles. The summed E-state index contributed by atoms with van der Waals surface area (Å²) in [6, 6.07) is 4.32. The molecule has 0 aromatic carbocycles. The van der Waals surface area contributed by atoms with E-state index in [9.17, 15) is 0 Å². The smallest absolute Gasteiger partial charge is 0.137 e. The molecule has 0 aliphatic carbocycles. The summed E-state index contributed by atoms with van der Waals surface area (Å²) in [7, 11) is 1.96. The Labute approximate surface area is 109 Å². The van der Waals surface area contributed by atoms with Crippen LogP contribution in [0, 0.1) is 0 Å². The van der Waals surface area contributed by atoms with Crippen LogP contribution in [0.2, 0.25) is 0 Å². The van der Waals surface area contributed by atoms with Crippen molar-refractivity contribution in [1.29, 1.82) is 0 Å². The first-order valence-electron chi connectivity index (χ1n) is 6.71. The summed E-state index contributed by atoms with van der Waals surface area (Å²) in [5.41, 5.74) is 1.06. The van der Waals surface area contributed by atoms with E-state index in [1.165, 1.54) is 0 Å². The quantitative estimate of drug-likeness (QED) is 0.841. The lowest BCUT2D eigenvalue weighted by Crippen LogP contribution is -2.17. The van der Waals surface area contributed by atoms with Gasteiger partial charge in [0, 0.05) is 12.6 Å². The Kier molecular flexibility index (Phi) is 4.96. The highest BCUT2D eigenvalue weighted by Crippen LogP contribution is 2.18. The minimum atomic E-state index is 0.255. The number of aromatic nitrogens is 1. The maximum Gasteiger partial charge on any atom is 0.137 e. The van der Waals surface area contributed by atoms with Crippen molar-refractivity contribution in [2.75, 3.05) is 20.3 Å². The molecule has 1 N–H and O–H groups in total. The third-order valence-electron chi connectivity index (χ3n) is 3.33. The molecule has 1 aliphatic heterocycles. The second kappa shape index (κ2) is 6.71. The van der Waals surface area contributed by atoms with Crippen LogP contribution in [0.15, 0.2) is 18.3 Å². The van der Waals surface area contributed by atoms with Gasteiger partial charge in [-0.25, -0.2) is 0 Å². The zero-order valence-electron chi connectivity index (χ0n) is 11.2. The second-order valence-electron chi connectivity index (χ2n) is 4.61. The van der Waals surface area contributed by atoms with E-state index in [-0.39, 0.29) is 6.10 Å². The molecule has 0 radical (unpaired) electrons. The van der Waals surface area contributed by atoms with Crippen molar-refractivity contribution in [2.45, 2.75) is 38.3 Å². The van der Waals surface area contributed by atoms with Crippen molar-refractivity contribution < 1.29 is 9.47 Å². The summed E-state index contributed by atoms with van der Waals surface area (Å²) in [5.74, 6) is 0.820. The predicted octanol–water partition coefficient (Wildman–Crippen LogP) is 2.31. The highest BCUT2D eigenvalue weighted by molar-refractivity contribution is 5.21. The van der Waals surface area contributed by atoms with E-state index >= 15 is 0 Å². The van der Waals surface area contributed by atoms with Crippen molar-refractivity contribution >= 4 is 0 Å². The first kappa shape index (κ1) is 13.3. The van der Waals surface area contributed by atoms with Gasteiger partial charge >= 0.3 is 0 Å². The Morgan fingerprint density at radius 1 is 1.56 bits per heavy atom. The van der Waals surface area contributed by atoms with Gasteiger partial charge in [-0.3, -0.25) is 4.98 Å². The zero-order chi connectivity index (χ0) is 12.8. The van der Waals surface area contributed by atoms with Gasteiger partial charge in [-0.05, 0) is 38.4 Å². The Bertz CT molecular complexity index is 343. The topological polar surface area (TPSA) is 43.4 Å². The summed E-state index contributed by atoms with van der Waals surface area (Å²) >= 11 is 0. The van der Waals surface area contributed by atoms with E-state index in [0.717, 1.165) is 37.3 Å². The average molecular weight is 250 g/mol. The van der Waals surface area contributed by atoms with E-state index in [4.69, 9.17) is 9.47 Å². The van der Waals surface area contributed by atoms with Crippen LogP contribution in [0.3, 0.4) is 0 Å². The molecule has 1 aromatic heterocycles. The van der Waals surface area contributed by atoms with E-state index in [2.05, 4.69) is 17.2 Å². The third kappa shape index (κ3) is 3.43. The zero-order valence-corrected chi connectivity index (χ0v) is 11.2. The van der Waals surface area contributed by atoms with Crippen LogP contribution in [0.5, 0.6) is 5.75 Å². The van der Waals surface area contributed by atoms with Crippen LogP contribution in [0.25, 0.3) is 0 Å². The Morgan fingerprint density at radius 3 is 3.00 bits per heavy atom. The standard InChI is InChI=1S/C14H22N2O2/c1-3-13(15-2)14-7-6-11(9-16-14)18-10-12-5-4-8-17-12/h6-7,9,12-13,15H,3-5,8,10H2,1-2H3. The minimum Gasteiger partial charge on any atom is -0.489 e. The van der Waals surface area contributed by atoms with Crippen LogP contribution < -0.4 is 10.1 Å². The Balaban J connectivity index is 1.86. The number of hydrogen-bond donors (Lipinski definition) is 1. The molecule has 0 amide bonds. The summed E-state index contributed by atoms with van der Waals surface area (Å²) in [6.45, 7) is 3.64. The van der Waals surface area contributed by atoms with Crippen molar-refractivity contribution in [2.24, 2.45) is 0 Å². The number of nitrogens with zero attached hydrogens (tertiary/aromatic N) is 1. The predicted molar refractivity (Wildman–Crippen MR) is 70.8 cm³/mol. The summed E-state index contributed by atoms with van der Waals surface area (Å²) in [4.78, 5) is 4.44. The third-order valence-corrected chi connectivity index (χ3v) is 3.33. The molecule has 0 saturated carbocycles. The molecule has 18 heavy (non-hydrogen) atoms. The SMILES string of the molecule is CCC(NC)c1ccc(OCC2CCCO2)cn1. The van der Waals surface area contributed by atoms with Crippen molar-refractivity contribution in [3.63, 3.8) is 0 Å². The number of nitrogens with one attached hydrogen (secondary N) is 1. The molecule has 100 valence electrons. The van der Waals surface area contributed by atoms with Gasteiger partial charge in [0.1, 0.15) is 12.4 Å². The summed E-state index contributed by atoms with van der Waals surface area (Å²) in [5, 5.41) is 3.24. The fraction of sp³-hybridized carbons (Fsp3) is 0.643. The molecule has 2 rings (SSSR count). The lowest BCUT2D eigenvalue weighted by molar-refractivity contribution is 0.0678. The maximum atomic E-state index is 5.68. The van der Waals surface area contributed by atoms with Gasteiger partial charge in [-0.15, -0.1) is 0 Å². The van der Waals surface area contributed by atoms with Gasteiger partial charge in [0.15, 0.2) is 0 Å². The maximum absolute atomic E-state index is 5.68. The number of pyridine rings is 1. The molecule has 4 nitrogen and oxygen atoms in total. The largest absolute Gasteiger partial charge is 0.489 e. The summed E-state index contributed by atoms with van der Waals surface area (Å²) < 4.78 is 11.2. The molecule has 4 heteroatoms. The van der Waals surface area contributed by atoms with E-state index in [0.29, 0.717) is 12.6 Å². The fourth-order valence-electron chi connectivity index (χ4n) is 2.21. The monoisotopic (exact) mass is 250 g/mol. The van der Waals surface area contributed by atoms with Crippen LogP contribution in [0.4, 0.5) is 0 Å². The summed E-state index contributed by atoms with van der Waals surface area (Å²) in [6.07, 6.45) is 5.32. The van der Waals surface area contributed by atoms with Gasteiger partial charge in [0.05, 0.1) is 18.0 Å². The highest BCUT2D eigenvalue weighted by Gasteiger charge is 2.16. The van der Waals surface area contributed by atoms with Crippen LogP contribution in [0.1, 0.15) is 37.9 Å². The first-order chi connectivity index (χ1) is 8.83. The van der Waals surface area contributed by atoms with Crippen molar-refractivity contribution in [1.82, 2.24) is 10.3 Å². The molecule has 2 heterocycles. The van der Waals surface area contributed by atoms with Gasteiger partial charge < -0.3 is 14.8 Å². The Hall–Kier alpha value is -1.13. The van der Waals surface area contributed by atoms with Gasteiger partial charge in [-0.1, -0.05) is 6.92 Å². The fourth-order valence-corrected chi connectivity index (χ4v) is 2.21. The van der Waals surface area contributed by atoms with E-state index in [1.54, 1.807) is 6.20 Å². The molecule has 0 bridgehead atoms. The van der Waals surface area contributed by atoms with Gasteiger partial charge in [0.25, 0.3) is 0 Å². The molecular weight excluding hydrogens is 228 g/mol. The molecule has 2 atom stereocenters. The van der Waals surface area contributed by atoms with Gasteiger partial charge in [-0.2, -0.15) is 0 Å². The molecule has 1 aromatic rings. The number of hydrogen-bond acceptors (Lipinski definition) is 4. The van der Waals surface area contributed by atoms with E-state index in [1.807, 2.05) is 19.2 Å². The minimum absolute atomic E-state index is 0.255. The normalized spacial score (nSPS) is 20.9. The van der Waals surface area contributed by atoms with Crippen LogP contribution in [-0.2, 0) is 4.74 Å². The molecule has 1 aliphatic rings. The van der Waals surface area contributed by atoms with Crippen molar-refractivity contribution in [3.05, 3.63) is 24.0 Å². The Morgan fingerprint density at radius 2 is 2.44 bits per heavy atom. The first-order valence-corrected chi connectivity index (χ1v) is 6.71. The molecular formula is C14H22N2O2. The van der Waals surface area contributed by atoms with Crippen LogP contribution >= 0.6 is 0 Å². The molecule has 0 spiro atoms. The van der Waals surface area contributed by atoms with Crippen molar-refractivity contribution in [3.8, 4) is 5.75 Å². The average Bonchev–Trinajstić information content (AvgIpc) is 2.92.